The van der Waals surface area contributed by atoms with Crippen molar-refractivity contribution < 1.29 is 13.2 Å². The van der Waals surface area contributed by atoms with Crippen molar-refractivity contribution >= 4 is 38.5 Å². The maximum Gasteiger partial charge on any atom is 0.241 e. The van der Waals surface area contributed by atoms with Crippen molar-refractivity contribution in [1.29, 1.82) is 0 Å². The van der Waals surface area contributed by atoms with Crippen LogP contribution in [0.15, 0.2) is 77.7 Å². The van der Waals surface area contributed by atoms with Gasteiger partial charge < -0.3 is 5.32 Å². The van der Waals surface area contributed by atoms with E-state index in [-0.39, 0.29) is 16.8 Å². The third kappa shape index (κ3) is 5.62. The second kappa shape index (κ2) is 10.1. The van der Waals surface area contributed by atoms with Crippen molar-refractivity contribution in [3.63, 3.8) is 0 Å². The molecule has 0 spiro atoms. The average Bonchev–Trinajstić information content (AvgIpc) is 2.76. The number of carbonyl (C=O) groups excluding carboxylic acids is 1. The molecule has 0 bridgehead atoms. The Balaban J connectivity index is 1.75. The lowest BCUT2D eigenvalue weighted by Crippen LogP contribution is -2.47. The van der Waals surface area contributed by atoms with E-state index >= 15 is 0 Å². The third-order valence-electron chi connectivity index (χ3n) is 4.91. The van der Waals surface area contributed by atoms with Gasteiger partial charge in [-0.05, 0) is 59.9 Å². The number of sulfonamides is 1. The molecule has 2 N–H and O–H groups in total. The lowest BCUT2D eigenvalue weighted by Gasteiger charge is -2.22. The van der Waals surface area contributed by atoms with Gasteiger partial charge in [0.15, 0.2) is 0 Å². The second-order valence-electron chi connectivity index (χ2n) is 7.11. The van der Waals surface area contributed by atoms with Gasteiger partial charge in [-0.25, -0.2) is 8.42 Å². The molecule has 158 valence electrons. The number of amides is 1. The topological polar surface area (TPSA) is 75.3 Å². The van der Waals surface area contributed by atoms with Gasteiger partial charge in [-0.3, -0.25) is 4.79 Å². The van der Waals surface area contributed by atoms with E-state index in [9.17, 15) is 13.2 Å². The number of fused-ring (bicyclic) bond motifs is 1. The number of rotatable bonds is 9. The van der Waals surface area contributed by atoms with Gasteiger partial charge in [0.1, 0.15) is 6.04 Å². The van der Waals surface area contributed by atoms with E-state index in [2.05, 4.69) is 10.0 Å². The van der Waals surface area contributed by atoms with Crippen molar-refractivity contribution in [2.45, 2.75) is 30.3 Å². The molecule has 0 saturated heterocycles. The zero-order valence-corrected chi connectivity index (χ0v) is 18.7. The molecule has 2 unspecified atom stereocenters. The Morgan fingerprint density at radius 2 is 1.63 bits per heavy atom. The van der Waals surface area contributed by atoms with Gasteiger partial charge in [-0.1, -0.05) is 54.6 Å². The van der Waals surface area contributed by atoms with Crippen LogP contribution in [0.1, 0.15) is 24.9 Å². The van der Waals surface area contributed by atoms with Crippen LogP contribution in [0.4, 0.5) is 0 Å². The SMILES string of the molecule is CSCCC(NS(=O)(=O)c1ccccc1)C(=O)NC(C)c1ccc2ccccc2c1. The Kier molecular flexibility index (Phi) is 7.53. The van der Waals surface area contributed by atoms with Crippen molar-refractivity contribution in [1.82, 2.24) is 10.0 Å². The van der Waals surface area contributed by atoms with Crippen LogP contribution in [-0.2, 0) is 14.8 Å². The Hall–Kier alpha value is -2.35. The molecule has 0 aliphatic carbocycles. The van der Waals surface area contributed by atoms with Crippen LogP contribution in [0.25, 0.3) is 10.8 Å². The second-order valence-corrected chi connectivity index (χ2v) is 9.80. The molecule has 3 aromatic carbocycles. The molecule has 0 saturated carbocycles. The van der Waals surface area contributed by atoms with Crippen molar-refractivity contribution in [2.24, 2.45) is 0 Å². The van der Waals surface area contributed by atoms with E-state index in [1.807, 2.05) is 55.6 Å². The fraction of sp³-hybridized carbons (Fsp3) is 0.261. The first kappa shape index (κ1) is 22.3. The summed E-state index contributed by atoms with van der Waals surface area (Å²) < 4.78 is 28.0. The van der Waals surface area contributed by atoms with E-state index in [0.29, 0.717) is 12.2 Å². The number of benzene rings is 3. The Morgan fingerprint density at radius 1 is 0.967 bits per heavy atom. The van der Waals surface area contributed by atoms with Crippen molar-refractivity contribution in [3.8, 4) is 0 Å². The highest BCUT2D eigenvalue weighted by Gasteiger charge is 2.26. The van der Waals surface area contributed by atoms with Crippen molar-refractivity contribution in [3.05, 3.63) is 78.4 Å². The zero-order valence-electron chi connectivity index (χ0n) is 17.0. The molecule has 2 atom stereocenters. The highest BCUT2D eigenvalue weighted by molar-refractivity contribution is 7.98. The van der Waals surface area contributed by atoms with Gasteiger partial charge >= 0.3 is 0 Å². The Morgan fingerprint density at radius 3 is 2.33 bits per heavy atom. The summed E-state index contributed by atoms with van der Waals surface area (Å²) in [6, 6.07) is 21.1. The minimum atomic E-state index is -3.78. The fourth-order valence-electron chi connectivity index (χ4n) is 3.21. The summed E-state index contributed by atoms with van der Waals surface area (Å²) in [6.07, 6.45) is 2.34. The lowest BCUT2D eigenvalue weighted by atomic mass is 10.0. The predicted molar refractivity (Wildman–Crippen MR) is 124 cm³/mol. The first-order valence-electron chi connectivity index (χ1n) is 9.76. The van der Waals surface area contributed by atoms with Gasteiger partial charge in [0.2, 0.25) is 15.9 Å². The fourth-order valence-corrected chi connectivity index (χ4v) is 4.93. The van der Waals surface area contributed by atoms with Crippen LogP contribution in [0.5, 0.6) is 0 Å². The van der Waals surface area contributed by atoms with E-state index in [4.69, 9.17) is 0 Å². The van der Waals surface area contributed by atoms with E-state index < -0.39 is 16.1 Å². The molecule has 7 heteroatoms. The van der Waals surface area contributed by atoms with E-state index in [1.54, 1.807) is 30.0 Å². The molecular weight excluding hydrogens is 416 g/mol. The molecule has 0 radical (unpaired) electrons. The molecule has 0 aliphatic heterocycles. The third-order valence-corrected chi connectivity index (χ3v) is 7.04. The molecule has 3 aromatic rings. The summed E-state index contributed by atoms with van der Waals surface area (Å²) in [7, 11) is -3.78. The summed E-state index contributed by atoms with van der Waals surface area (Å²) in [5, 5.41) is 5.20. The highest BCUT2D eigenvalue weighted by atomic mass is 32.2. The molecule has 0 fully saturated rings. The van der Waals surface area contributed by atoms with Gasteiger partial charge in [0, 0.05) is 0 Å². The van der Waals surface area contributed by atoms with Crippen LogP contribution in [-0.4, -0.2) is 32.4 Å². The summed E-state index contributed by atoms with van der Waals surface area (Å²) in [6.45, 7) is 1.90. The molecular formula is C23H26N2O3S2. The Labute approximate surface area is 182 Å². The monoisotopic (exact) mass is 442 g/mol. The van der Waals surface area contributed by atoms with Gasteiger partial charge in [0.25, 0.3) is 0 Å². The predicted octanol–water partition coefficient (Wildman–Crippen LogP) is 4.12. The summed E-state index contributed by atoms with van der Waals surface area (Å²) in [4.78, 5) is 13.1. The molecule has 0 heterocycles. The Bertz CT molecular complexity index is 1100. The first-order chi connectivity index (χ1) is 14.4. The normalized spacial score (nSPS) is 13.7. The quantitative estimate of drug-likeness (QED) is 0.523. The molecule has 3 rings (SSSR count). The average molecular weight is 443 g/mol. The summed E-state index contributed by atoms with van der Waals surface area (Å²) in [5.41, 5.74) is 0.969. The van der Waals surface area contributed by atoms with Crippen LogP contribution < -0.4 is 10.0 Å². The van der Waals surface area contributed by atoms with Gasteiger partial charge in [0.05, 0.1) is 10.9 Å². The standard InChI is InChI=1S/C23H26N2O3S2/c1-17(19-13-12-18-8-6-7-9-20(18)16-19)24-23(26)22(14-15-29-2)25-30(27,28)21-10-4-3-5-11-21/h3-13,16-17,22,25H,14-15H2,1-2H3,(H,24,26). The molecule has 30 heavy (non-hydrogen) atoms. The van der Waals surface area contributed by atoms with Crippen LogP contribution in [0, 0.1) is 0 Å². The van der Waals surface area contributed by atoms with Crippen LogP contribution in [0.3, 0.4) is 0 Å². The highest BCUT2D eigenvalue weighted by Crippen LogP contribution is 2.20. The number of hydrogen-bond acceptors (Lipinski definition) is 4. The minimum absolute atomic E-state index is 0.148. The van der Waals surface area contributed by atoms with E-state index in [1.165, 1.54) is 12.1 Å². The van der Waals surface area contributed by atoms with Gasteiger partial charge in [-0.15, -0.1) is 0 Å². The minimum Gasteiger partial charge on any atom is -0.348 e. The smallest absolute Gasteiger partial charge is 0.241 e. The summed E-state index contributed by atoms with van der Waals surface area (Å²) >= 11 is 1.57. The number of carbonyl (C=O) groups is 1. The van der Waals surface area contributed by atoms with Crippen molar-refractivity contribution in [2.75, 3.05) is 12.0 Å². The number of hydrogen-bond donors (Lipinski definition) is 2. The largest absolute Gasteiger partial charge is 0.348 e. The van der Waals surface area contributed by atoms with Crippen LogP contribution >= 0.6 is 11.8 Å². The van der Waals surface area contributed by atoms with E-state index in [0.717, 1.165) is 16.3 Å². The first-order valence-corrected chi connectivity index (χ1v) is 12.6. The zero-order chi connectivity index (χ0) is 21.6. The summed E-state index contributed by atoms with van der Waals surface area (Å²) in [5.74, 6) is 0.337. The number of nitrogens with one attached hydrogen (secondary N) is 2. The maximum absolute atomic E-state index is 13.0. The molecule has 1 amide bonds. The molecule has 0 aliphatic rings. The number of thioether (sulfide) groups is 1. The maximum atomic E-state index is 13.0. The molecule has 5 nitrogen and oxygen atoms in total. The van der Waals surface area contributed by atoms with Crippen LogP contribution in [0.2, 0.25) is 0 Å². The molecule has 0 aromatic heterocycles. The lowest BCUT2D eigenvalue weighted by molar-refractivity contribution is -0.123. The van der Waals surface area contributed by atoms with Gasteiger partial charge in [-0.2, -0.15) is 16.5 Å².